The first kappa shape index (κ1) is 17.5. The molecule has 0 aromatic heterocycles. The third-order valence-corrected chi connectivity index (χ3v) is 3.89. The topological polar surface area (TPSA) is 61.4 Å². The SMILES string of the molecule is Cl.O=C(NCC(O)c1c(Cl)cccc1Cl)C1CCNC1. The second-order valence-corrected chi connectivity index (χ2v) is 5.40. The van der Waals surface area contributed by atoms with Crippen LogP contribution in [-0.2, 0) is 4.79 Å². The van der Waals surface area contributed by atoms with Crippen molar-refractivity contribution in [3.05, 3.63) is 33.8 Å². The molecule has 0 radical (unpaired) electrons. The minimum atomic E-state index is -0.903. The van der Waals surface area contributed by atoms with Gasteiger partial charge in [-0.15, -0.1) is 12.4 Å². The Kier molecular flexibility index (Phi) is 7.06. The van der Waals surface area contributed by atoms with Crippen molar-refractivity contribution in [2.45, 2.75) is 12.5 Å². The summed E-state index contributed by atoms with van der Waals surface area (Å²) in [5, 5.41) is 16.7. The number of rotatable bonds is 4. The van der Waals surface area contributed by atoms with Crippen LogP contribution in [-0.4, -0.2) is 30.6 Å². The number of carbonyl (C=O) groups excluding carboxylic acids is 1. The molecule has 1 heterocycles. The summed E-state index contributed by atoms with van der Waals surface area (Å²) < 4.78 is 0. The Morgan fingerprint density at radius 3 is 2.65 bits per heavy atom. The lowest BCUT2D eigenvalue weighted by molar-refractivity contribution is -0.124. The van der Waals surface area contributed by atoms with Gasteiger partial charge >= 0.3 is 0 Å². The van der Waals surface area contributed by atoms with Crippen molar-refractivity contribution in [2.24, 2.45) is 5.92 Å². The highest BCUT2D eigenvalue weighted by Crippen LogP contribution is 2.29. The summed E-state index contributed by atoms with van der Waals surface area (Å²) in [6, 6.07) is 5.03. The van der Waals surface area contributed by atoms with Crippen LogP contribution in [0.1, 0.15) is 18.1 Å². The van der Waals surface area contributed by atoms with Crippen molar-refractivity contribution in [1.82, 2.24) is 10.6 Å². The molecule has 1 aromatic rings. The van der Waals surface area contributed by atoms with Gasteiger partial charge in [-0.3, -0.25) is 4.79 Å². The van der Waals surface area contributed by atoms with Crippen LogP contribution in [0, 0.1) is 5.92 Å². The Labute approximate surface area is 134 Å². The molecule has 0 spiro atoms. The first-order valence-corrected chi connectivity index (χ1v) is 6.95. The maximum absolute atomic E-state index is 11.8. The van der Waals surface area contributed by atoms with Crippen molar-refractivity contribution >= 4 is 41.5 Å². The molecule has 1 aromatic carbocycles. The van der Waals surface area contributed by atoms with E-state index in [2.05, 4.69) is 10.6 Å². The summed E-state index contributed by atoms with van der Waals surface area (Å²) in [5.41, 5.74) is 0.454. The first-order valence-electron chi connectivity index (χ1n) is 6.20. The molecule has 0 saturated carbocycles. The minimum absolute atomic E-state index is 0. The summed E-state index contributed by atoms with van der Waals surface area (Å²) in [6.45, 7) is 1.66. The molecule has 1 aliphatic heterocycles. The van der Waals surface area contributed by atoms with E-state index in [-0.39, 0.29) is 30.8 Å². The summed E-state index contributed by atoms with van der Waals surface area (Å²) in [7, 11) is 0. The lowest BCUT2D eigenvalue weighted by Crippen LogP contribution is -2.34. The zero-order valence-corrected chi connectivity index (χ0v) is 13.1. The largest absolute Gasteiger partial charge is 0.386 e. The normalized spacial score (nSPS) is 19.2. The number of carbonyl (C=O) groups is 1. The summed E-state index contributed by atoms with van der Waals surface area (Å²) in [5.74, 6) is -0.0684. The van der Waals surface area contributed by atoms with Crippen LogP contribution in [0.4, 0.5) is 0 Å². The molecule has 1 aliphatic rings. The number of hydrogen-bond donors (Lipinski definition) is 3. The van der Waals surface area contributed by atoms with Crippen molar-refractivity contribution in [1.29, 1.82) is 0 Å². The minimum Gasteiger partial charge on any atom is -0.386 e. The van der Waals surface area contributed by atoms with E-state index in [9.17, 15) is 9.90 Å². The number of benzene rings is 1. The molecular weight excluding hydrogens is 323 g/mol. The van der Waals surface area contributed by atoms with Gasteiger partial charge in [0.25, 0.3) is 0 Å². The van der Waals surface area contributed by atoms with Crippen molar-refractivity contribution in [3.63, 3.8) is 0 Å². The Bertz CT molecular complexity index is 445. The lowest BCUT2D eigenvalue weighted by atomic mass is 10.1. The molecule has 7 heteroatoms. The second kappa shape index (κ2) is 8.05. The standard InChI is InChI=1S/C13H16Cl2N2O2.ClH/c14-9-2-1-3-10(15)12(9)11(18)7-17-13(19)8-4-5-16-6-8;/h1-3,8,11,16,18H,4-7H2,(H,17,19);1H. The smallest absolute Gasteiger partial charge is 0.224 e. The highest BCUT2D eigenvalue weighted by atomic mass is 35.5. The van der Waals surface area contributed by atoms with Gasteiger partial charge in [0.2, 0.25) is 5.91 Å². The molecule has 0 bridgehead atoms. The van der Waals surface area contributed by atoms with Gasteiger partial charge in [-0.25, -0.2) is 0 Å². The van der Waals surface area contributed by atoms with Crippen molar-refractivity contribution < 1.29 is 9.90 Å². The van der Waals surface area contributed by atoms with E-state index in [1.165, 1.54) is 0 Å². The zero-order valence-electron chi connectivity index (χ0n) is 10.7. The number of hydrogen-bond acceptors (Lipinski definition) is 3. The van der Waals surface area contributed by atoms with Crippen LogP contribution in [0.3, 0.4) is 0 Å². The monoisotopic (exact) mass is 338 g/mol. The van der Waals surface area contributed by atoms with E-state index in [1.54, 1.807) is 18.2 Å². The Balaban J connectivity index is 0.00000200. The Morgan fingerprint density at radius 2 is 2.10 bits per heavy atom. The van der Waals surface area contributed by atoms with Crippen LogP contribution in [0.5, 0.6) is 0 Å². The summed E-state index contributed by atoms with van der Waals surface area (Å²) in [4.78, 5) is 11.8. The van der Waals surface area contributed by atoms with Gasteiger partial charge in [-0.05, 0) is 25.1 Å². The lowest BCUT2D eigenvalue weighted by Gasteiger charge is -2.16. The van der Waals surface area contributed by atoms with Gasteiger partial charge in [0.15, 0.2) is 0 Å². The average Bonchev–Trinajstić information content (AvgIpc) is 2.89. The van der Waals surface area contributed by atoms with Gasteiger partial charge < -0.3 is 15.7 Å². The van der Waals surface area contributed by atoms with Crippen molar-refractivity contribution in [3.8, 4) is 0 Å². The Morgan fingerprint density at radius 1 is 1.45 bits per heavy atom. The molecule has 1 fully saturated rings. The van der Waals surface area contributed by atoms with Crippen molar-refractivity contribution in [2.75, 3.05) is 19.6 Å². The molecule has 112 valence electrons. The number of aliphatic hydroxyl groups is 1. The Hall–Kier alpha value is -0.520. The fraction of sp³-hybridized carbons (Fsp3) is 0.462. The molecule has 2 atom stereocenters. The number of aliphatic hydroxyl groups excluding tert-OH is 1. The number of amides is 1. The molecule has 1 amide bonds. The maximum Gasteiger partial charge on any atom is 0.224 e. The highest BCUT2D eigenvalue weighted by Gasteiger charge is 2.23. The van der Waals surface area contributed by atoms with E-state index in [1.807, 2.05) is 0 Å². The average molecular weight is 340 g/mol. The zero-order chi connectivity index (χ0) is 13.8. The van der Waals surface area contributed by atoms with Crippen LogP contribution in [0.15, 0.2) is 18.2 Å². The quantitative estimate of drug-likeness (QED) is 0.788. The molecule has 1 saturated heterocycles. The summed E-state index contributed by atoms with van der Waals surface area (Å²) in [6.07, 6.45) is -0.0751. The van der Waals surface area contributed by atoms with E-state index < -0.39 is 6.10 Å². The molecule has 3 N–H and O–H groups in total. The number of halogens is 3. The third kappa shape index (κ3) is 4.24. The molecule has 4 nitrogen and oxygen atoms in total. The second-order valence-electron chi connectivity index (χ2n) is 4.59. The fourth-order valence-electron chi connectivity index (χ4n) is 2.15. The molecule has 0 aliphatic carbocycles. The third-order valence-electron chi connectivity index (χ3n) is 3.23. The van der Waals surface area contributed by atoms with Crippen LogP contribution in [0.25, 0.3) is 0 Å². The molecule has 2 unspecified atom stereocenters. The predicted octanol–water partition coefficient (Wildman–Crippen LogP) is 2.17. The van der Waals surface area contributed by atoms with E-state index in [0.29, 0.717) is 22.2 Å². The van der Waals surface area contributed by atoms with Gasteiger partial charge in [0.05, 0.1) is 12.0 Å². The molecule has 2 rings (SSSR count). The van der Waals surface area contributed by atoms with Crippen LogP contribution < -0.4 is 10.6 Å². The fourth-order valence-corrected chi connectivity index (χ4v) is 2.80. The number of nitrogens with one attached hydrogen (secondary N) is 2. The molecule has 20 heavy (non-hydrogen) atoms. The van der Waals surface area contributed by atoms with E-state index >= 15 is 0 Å². The highest BCUT2D eigenvalue weighted by molar-refractivity contribution is 6.36. The van der Waals surface area contributed by atoms with E-state index in [4.69, 9.17) is 23.2 Å². The van der Waals surface area contributed by atoms with Crippen LogP contribution in [0.2, 0.25) is 10.0 Å². The van der Waals surface area contributed by atoms with Gasteiger partial charge in [0.1, 0.15) is 0 Å². The maximum atomic E-state index is 11.8. The molecular formula is C13H17Cl3N2O2. The summed E-state index contributed by atoms with van der Waals surface area (Å²) >= 11 is 12.0. The first-order chi connectivity index (χ1) is 9.09. The van der Waals surface area contributed by atoms with E-state index in [0.717, 1.165) is 13.0 Å². The van der Waals surface area contributed by atoms with Gasteiger partial charge in [-0.1, -0.05) is 29.3 Å². The van der Waals surface area contributed by atoms with Crippen LogP contribution >= 0.6 is 35.6 Å². The predicted molar refractivity (Wildman–Crippen MR) is 82.7 cm³/mol. The van der Waals surface area contributed by atoms with Gasteiger partial charge in [0, 0.05) is 28.7 Å². The van der Waals surface area contributed by atoms with Gasteiger partial charge in [-0.2, -0.15) is 0 Å².